The molecule has 102 valence electrons. The first kappa shape index (κ1) is 13.3. The smallest absolute Gasteiger partial charge is 0.221 e. The average molecular weight is 261 g/mol. The van der Waals surface area contributed by atoms with Crippen LogP contribution < -0.4 is 0 Å². The summed E-state index contributed by atoms with van der Waals surface area (Å²) in [6, 6.07) is 0. The Hall–Kier alpha value is -1.09. The number of aliphatic hydroxyl groups excluding tert-OH is 2. The second kappa shape index (κ2) is 4.88. The normalized spacial score (nSPS) is 30.9. The molecule has 1 aromatic heterocycles. The zero-order valence-electron chi connectivity index (χ0n) is 10.1. The van der Waals surface area contributed by atoms with E-state index in [1.54, 1.807) is 13.8 Å². The molecule has 2 rings (SSSR count). The van der Waals surface area contributed by atoms with Gasteiger partial charge in [-0.3, -0.25) is 0 Å². The topological polar surface area (TPSA) is 89.6 Å². The first-order valence-corrected chi connectivity index (χ1v) is 5.58. The van der Waals surface area contributed by atoms with E-state index >= 15 is 0 Å². The van der Waals surface area contributed by atoms with E-state index in [2.05, 4.69) is 10.3 Å². The highest BCUT2D eigenvalue weighted by molar-refractivity contribution is 4.86. The summed E-state index contributed by atoms with van der Waals surface area (Å²) in [5.74, 6) is -0.979. The van der Waals surface area contributed by atoms with Gasteiger partial charge in [0.15, 0.2) is 5.79 Å². The molecule has 4 atom stereocenters. The van der Waals surface area contributed by atoms with Gasteiger partial charge in [-0.05, 0) is 13.8 Å². The van der Waals surface area contributed by atoms with Gasteiger partial charge in [-0.2, -0.15) is 0 Å². The third-order valence-corrected chi connectivity index (χ3v) is 2.71. The Kier molecular flexibility index (Phi) is 3.62. The van der Waals surface area contributed by atoms with Crippen LogP contribution >= 0.6 is 0 Å². The van der Waals surface area contributed by atoms with Gasteiger partial charge in [-0.1, -0.05) is 5.21 Å². The molecule has 0 spiro atoms. The standard InChI is InChI=1S/C10H16FN3O4/c1-10(2)17-5-6(15)8(18-10)7(16)9(11)14-4-3-12-13-14/h3-4,6-9,15-16H,5H2,1-2H3/t6?,7?,8-,9?/m1/s1. The van der Waals surface area contributed by atoms with Gasteiger partial charge in [0.1, 0.15) is 18.3 Å². The number of nitrogens with zero attached hydrogens (tertiary/aromatic N) is 3. The van der Waals surface area contributed by atoms with Crippen molar-refractivity contribution in [1.82, 2.24) is 15.0 Å². The van der Waals surface area contributed by atoms with E-state index in [9.17, 15) is 14.6 Å². The molecule has 0 bridgehead atoms. The van der Waals surface area contributed by atoms with Crippen molar-refractivity contribution in [2.75, 3.05) is 6.61 Å². The lowest BCUT2D eigenvalue weighted by Crippen LogP contribution is -2.55. The van der Waals surface area contributed by atoms with Crippen molar-refractivity contribution in [3.63, 3.8) is 0 Å². The fourth-order valence-electron chi connectivity index (χ4n) is 1.78. The van der Waals surface area contributed by atoms with Gasteiger partial charge >= 0.3 is 0 Å². The molecular formula is C10H16FN3O4. The molecule has 8 heteroatoms. The summed E-state index contributed by atoms with van der Waals surface area (Å²) in [5, 5.41) is 26.5. The van der Waals surface area contributed by atoms with Crippen LogP contribution in [-0.4, -0.2) is 55.9 Å². The number of ether oxygens (including phenoxy) is 2. The fourth-order valence-corrected chi connectivity index (χ4v) is 1.78. The van der Waals surface area contributed by atoms with E-state index in [0.717, 1.165) is 4.68 Å². The Morgan fingerprint density at radius 3 is 2.89 bits per heavy atom. The molecule has 1 fully saturated rings. The minimum Gasteiger partial charge on any atom is -0.388 e. The molecule has 0 saturated carbocycles. The van der Waals surface area contributed by atoms with Crippen LogP contribution in [-0.2, 0) is 9.47 Å². The molecule has 1 aliphatic heterocycles. The molecule has 2 heterocycles. The minimum atomic E-state index is -1.85. The zero-order valence-corrected chi connectivity index (χ0v) is 10.1. The van der Waals surface area contributed by atoms with Crippen molar-refractivity contribution in [3.8, 4) is 0 Å². The van der Waals surface area contributed by atoms with E-state index in [4.69, 9.17) is 9.47 Å². The SMILES string of the molecule is CC1(C)OCC(O)[C@H](C(O)C(F)n2ccnn2)O1. The quantitative estimate of drug-likeness (QED) is 0.771. The second-order valence-electron chi connectivity index (χ2n) is 4.61. The Balaban J connectivity index is 2.09. The van der Waals surface area contributed by atoms with Gasteiger partial charge in [0.05, 0.1) is 12.8 Å². The van der Waals surface area contributed by atoms with Crippen molar-refractivity contribution in [1.29, 1.82) is 0 Å². The Bertz CT molecular complexity index is 386. The third-order valence-electron chi connectivity index (χ3n) is 2.71. The first-order valence-electron chi connectivity index (χ1n) is 5.58. The second-order valence-corrected chi connectivity index (χ2v) is 4.61. The molecule has 0 aromatic carbocycles. The summed E-state index contributed by atoms with van der Waals surface area (Å²) in [5.41, 5.74) is 0. The summed E-state index contributed by atoms with van der Waals surface area (Å²) < 4.78 is 25.3. The van der Waals surface area contributed by atoms with E-state index in [1.807, 2.05) is 0 Å². The van der Waals surface area contributed by atoms with E-state index in [1.165, 1.54) is 12.4 Å². The van der Waals surface area contributed by atoms with Crippen molar-refractivity contribution in [2.24, 2.45) is 0 Å². The Labute approximate surface area is 103 Å². The molecule has 1 aliphatic rings. The molecule has 18 heavy (non-hydrogen) atoms. The van der Waals surface area contributed by atoms with Crippen LogP contribution in [0.25, 0.3) is 0 Å². The molecule has 0 aliphatic carbocycles. The van der Waals surface area contributed by atoms with Crippen LogP contribution in [0.3, 0.4) is 0 Å². The molecule has 3 unspecified atom stereocenters. The summed E-state index contributed by atoms with van der Waals surface area (Å²) in [7, 11) is 0. The molecule has 0 radical (unpaired) electrons. The predicted octanol–water partition coefficient (Wildman–Crippen LogP) is -0.381. The van der Waals surface area contributed by atoms with Crippen LogP contribution in [0.4, 0.5) is 4.39 Å². The Morgan fingerprint density at radius 1 is 1.56 bits per heavy atom. The lowest BCUT2D eigenvalue weighted by molar-refractivity contribution is -0.324. The Morgan fingerprint density at radius 2 is 2.28 bits per heavy atom. The maximum Gasteiger partial charge on any atom is 0.221 e. The van der Waals surface area contributed by atoms with Crippen LogP contribution in [0.5, 0.6) is 0 Å². The van der Waals surface area contributed by atoms with Crippen LogP contribution in [0.15, 0.2) is 12.4 Å². The summed E-state index contributed by atoms with van der Waals surface area (Å²) in [6.45, 7) is 3.22. The maximum atomic E-state index is 14.0. The monoisotopic (exact) mass is 261 g/mol. The van der Waals surface area contributed by atoms with Gasteiger partial charge in [-0.15, -0.1) is 5.10 Å². The highest BCUT2D eigenvalue weighted by Gasteiger charge is 2.43. The highest BCUT2D eigenvalue weighted by atomic mass is 19.1. The van der Waals surface area contributed by atoms with Gasteiger partial charge < -0.3 is 19.7 Å². The third kappa shape index (κ3) is 2.66. The number of hydrogen-bond acceptors (Lipinski definition) is 6. The predicted molar refractivity (Wildman–Crippen MR) is 57.1 cm³/mol. The van der Waals surface area contributed by atoms with Crippen LogP contribution in [0.1, 0.15) is 20.1 Å². The van der Waals surface area contributed by atoms with Crippen molar-refractivity contribution < 1.29 is 24.1 Å². The molecule has 2 N–H and O–H groups in total. The van der Waals surface area contributed by atoms with Gasteiger partial charge in [0.2, 0.25) is 6.30 Å². The summed E-state index contributed by atoms with van der Waals surface area (Å²) in [6.07, 6.45) is -3.02. The lowest BCUT2D eigenvalue weighted by Gasteiger charge is -2.41. The molecule has 7 nitrogen and oxygen atoms in total. The van der Waals surface area contributed by atoms with Crippen molar-refractivity contribution >= 4 is 0 Å². The molecule has 0 amide bonds. The summed E-state index contributed by atoms with van der Waals surface area (Å²) in [4.78, 5) is 0. The number of hydrogen-bond donors (Lipinski definition) is 2. The van der Waals surface area contributed by atoms with E-state index < -0.39 is 30.4 Å². The van der Waals surface area contributed by atoms with E-state index in [0.29, 0.717) is 0 Å². The number of alkyl halides is 1. The average Bonchev–Trinajstić information content (AvgIpc) is 2.84. The van der Waals surface area contributed by atoms with Crippen LogP contribution in [0.2, 0.25) is 0 Å². The van der Waals surface area contributed by atoms with Crippen molar-refractivity contribution in [3.05, 3.63) is 12.4 Å². The molecule has 1 aromatic rings. The van der Waals surface area contributed by atoms with Gasteiger partial charge in [0, 0.05) is 6.20 Å². The lowest BCUT2D eigenvalue weighted by atomic mass is 10.1. The van der Waals surface area contributed by atoms with Crippen molar-refractivity contribution in [2.45, 2.75) is 44.2 Å². The van der Waals surface area contributed by atoms with Gasteiger partial charge in [-0.25, -0.2) is 9.07 Å². The fraction of sp³-hybridized carbons (Fsp3) is 0.800. The first-order chi connectivity index (χ1) is 8.41. The maximum absolute atomic E-state index is 14.0. The molecular weight excluding hydrogens is 245 g/mol. The summed E-state index contributed by atoms with van der Waals surface area (Å²) >= 11 is 0. The van der Waals surface area contributed by atoms with Gasteiger partial charge in [0.25, 0.3) is 0 Å². The highest BCUT2D eigenvalue weighted by Crippen LogP contribution is 2.28. The largest absolute Gasteiger partial charge is 0.388 e. The number of aromatic nitrogens is 3. The minimum absolute atomic E-state index is 0.0290. The van der Waals surface area contributed by atoms with Crippen LogP contribution in [0, 0.1) is 0 Å². The number of rotatable bonds is 3. The zero-order chi connectivity index (χ0) is 13.3. The number of halogens is 1. The molecule has 1 saturated heterocycles. The number of aliphatic hydroxyl groups is 2. The van der Waals surface area contributed by atoms with E-state index in [-0.39, 0.29) is 6.61 Å².